The molecule has 0 aliphatic carbocycles. The van der Waals surface area contributed by atoms with Crippen molar-refractivity contribution in [2.45, 2.75) is 11.3 Å². The quantitative estimate of drug-likeness (QED) is 0.467. The zero-order chi connectivity index (χ0) is 19.7. The zero-order valence-electron chi connectivity index (χ0n) is 14.5. The molecule has 2 aromatic heterocycles. The number of hydrogen-bond acceptors (Lipinski definition) is 5. The van der Waals surface area contributed by atoms with E-state index in [0.29, 0.717) is 23.4 Å². The summed E-state index contributed by atoms with van der Waals surface area (Å²) in [7, 11) is -3.81. The van der Waals surface area contributed by atoms with Gasteiger partial charge in [-0.3, -0.25) is 9.89 Å². The van der Waals surface area contributed by atoms with Crippen LogP contribution < -0.4 is 10.5 Å². The molecule has 0 radical (unpaired) electrons. The fraction of sp³-hybridized carbons (Fsp3) is 0.0526. The summed E-state index contributed by atoms with van der Waals surface area (Å²) in [5, 5.41) is 20.0. The van der Waals surface area contributed by atoms with Gasteiger partial charge in [0.1, 0.15) is 5.69 Å². The number of fused-ring (bicyclic) bond motifs is 1. The van der Waals surface area contributed by atoms with E-state index in [9.17, 15) is 13.2 Å². The second-order valence-electron chi connectivity index (χ2n) is 6.26. The van der Waals surface area contributed by atoms with Crippen molar-refractivity contribution < 1.29 is 13.2 Å². The third-order valence-corrected chi connectivity index (χ3v) is 5.87. The van der Waals surface area contributed by atoms with Crippen molar-refractivity contribution in [3.8, 4) is 11.3 Å². The Labute approximate surface area is 165 Å². The number of nitrogens with one attached hydrogen (secondary N) is 2. The first-order valence-electron chi connectivity index (χ1n) is 8.32. The molecule has 2 aromatic carbocycles. The van der Waals surface area contributed by atoms with Crippen LogP contribution in [0.2, 0.25) is 0 Å². The first kappa shape index (κ1) is 18.4. The molecule has 4 aromatic rings. The van der Waals surface area contributed by atoms with Gasteiger partial charge < -0.3 is 5.32 Å². The van der Waals surface area contributed by atoms with Crippen molar-refractivity contribution in [2.24, 2.45) is 5.14 Å². The molecule has 0 aliphatic rings. The van der Waals surface area contributed by atoms with Gasteiger partial charge in [0.05, 0.1) is 16.8 Å². The largest absolute Gasteiger partial charge is 0.326 e. The van der Waals surface area contributed by atoms with Gasteiger partial charge in [-0.25, -0.2) is 13.6 Å². The lowest BCUT2D eigenvalue weighted by molar-refractivity contribution is -0.115. The van der Waals surface area contributed by atoms with Crippen molar-refractivity contribution >= 4 is 43.9 Å². The minimum absolute atomic E-state index is 0.0152. The number of nitrogens with two attached hydrogens (primary N) is 1. The standard InChI is InChI=1S/C19H16N4O3S2/c20-28(25,26)15-3-1-2-13(9-15)19-16-10-14(4-5-17(16)22-23-19)21-18(24)8-12-6-7-27-11-12/h1-7,9-11H,8H2,(H,21,24)(H,22,23)(H2,20,25,26). The van der Waals surface area contributed by atoms with E-state index in [-0.39, 0.29) is 10.8 Å². The smallest absolute Gasteiger partial charge is 0.238 e. The molecule has 4 N–H and O–H groups in total. The minimum atomic E-state index is -3.81. The number of benzene rings is 2. The number of carbonyl (C=O) groups excluding carboxylic acids is 1. The number of amides is 1. The van der Waals surface area contributed by atoms with E-state index in [1.54, 1.807) is 29.5 Å². The van der Waals surface area contributed by atoms with Gasteiger partial charge in [-0.2, -0.15) is 16.4 Å². The van der Waals surface area contributed by atoms with E-state index in [0.717, 1.165) is 16.5 Å². The summed E-state index contributed by atoms with van der Waals surface area (Å²) in [6, 6.07) is 13.6. The summed E-state index contributed by atoms with van der Waals surface area (Å²) >= 11 is 1.55. The summed E-state index contributed by atoms with van der Waals surface area (Å²) in [6.07, 6.45) is 0.302. The van der Waals surface area contributed by atoms with Crippen molar-refractivity contribution in [3.63, 3.8) is 0 Å². The number of anilines is 1. The highest BCUT2D eigenvalue weighted by atomic mass is 32.2. The summed E-state index contributed by atoms with van der Waals surface area (Å²) in [5.74, 6) is -0.112. The molecule has 1 amide bonds. The van der Waals surface area contributed by atoms with Gasteiger partial charge in [-0.05, 0) is 52.7 Å². The SMILES string of the molecule is NS(=O)(=O)c1cccc(-c2n[nH]c3ccc(NC(=O)Cc4ccsc4)cc23)c1. The van der Waals surface area contributed by atoms with Crippen LogP contribution in [0.25, 0.3) is 22.2 Å². The molecule has 9 heteroatoms. The maximum atomic E-state index is 12.3. The van der Waals surface area contributed by atoms with Gasteiger partial charge in [-0.1, -0.05) is 12.1 Å². The Morgan fingerprint density at radius 2 is 2.04 bits per heavy atom. The molecule has 7 nitrogen and oxygen atoms in total. The van der Waals surface area contributed by atoms with Crippen LogP contribution in [0, 0.1) is 0 Å². The molecule has 4 rings (SSSR count). The van der Waals surface area contributed by atoms with Crippen LogP contribution in [0.5, 0.6) is 0 Å². The monoisotopic (exact) mass is 412 g/mol. The number of sulfonamides is 1. The predicted octanol–water partition coefficient (Wildman–Crippen LogP) is 3.12. The van der Waals surface area contributed by atoms with E-state index < -0.39 is 10.0 Å². The normalized spacial score (nSPS) is 11.6. The molecule has 142 valence electrons. The average molecular weight is 412 g/mol. The second kappa shape index (κ2) is 7.19. The van der Waals surface area contributed by atoms with Crippen LogP contribution in [-0.4, -0.2) is 24.5 Å². The van der Waals surface area contributed by atoms with Crippen LogP contribution in [0.1, 0.15) is 5.56 Å². The molecule has 0 atom stereocenters. The third-order valence-electron chi connectivity index (χ3n) is 4.23. The maximum Gasteiger partial charge on any atom is 0.238 e. The van der Waals surface area contributed by atoms with E-state index in [1.807, 2.05) is 29.0 Å². The fourth-order valence-electron chi connectivity index (χ4n) is 2.92. The summed E-state index contributed by atoms with van der Waals surface area (Å²) < 4.78 is 23.3. The molecule has 0 aliphatic heterocycles. The van der Waals surface area contributed by atoms with E-state index in [1.165, 1.54) is 12.1 Å². The Balaban J connectivity index is 1.66. The lowest BCUT2D eigenvalue weighted by atomic mass is 10.1. The molecule has 0 unspecified atom stereocenters. The van der Waals surface area contributed by atoms with E-state index in [2.05, 4.69) is 15.5 Å². The fourth-order valence-corrected chi connectivity index (χ4v) is 4.14. The van der Waals surface area contributed by atoms with Crippen LogP contribution in [-0.2, 0) is 21.2 Å². The summed E-state index contributed by atoms with van der Waals surface area (Å²) in [4.78, 5) is 12.3. The van der Waals surface area contributed by atoms with Crippen LogP contribution in [0.4, 0.5) is 5.69 Å². The predicted molar refractivity (Wildman–Crippen MR) is 110 cm³/mol. The Bertz CT molecular complexity index is 1260. The van der Waals surface area contributed by atoms with Gasteiger partial charge in [-0.15, -0.1) is 0 Å². The zero-order valence-corrected chi connectivity index (χ0v) is 16.2. The topological polar surface area (TPSA) is 118 Å². The number of thiophene rings is 1. The molecule has 0 fully saturated rings. The first-order valence-corrected chi connectivity index (χ1v) is 10.8. The van der Waals surface area contributed by atoms with Gasteiger partial charge in [0.25, 0.3) is 0 Å². The van der Waals surface area contributed by atoms with Crippen molar-refractivity contribution in [2.75, 3.05) is 5.32 Å². The Kier molecular flexibility index (Phi) is 4.71. The molecular weight excluding hydrogens is 396 g/mol. The highest BCUT2D eigenvalue weighted by molar-refractivity contribution is 7.89. The number of nitrogens with zero attached hydrogens (tertiary/aromatic N) is 1. The highest BCUT2D eigenvalue weighted by Crippen LogP contribution is 2.29. The van der Waals surface area contributed by atoms with Gasteiger partial charge in [0.15, 0.2) is 0 Å². The van der Waals surface area contributed by atoms with E-state index >= 15 is 0 Å². The summed E-state index contributed by atoms with van der Waals surface area (Å²) in [6.45, 7) is 0. The van der Waals surface area contributed by atoms with Gasteiger partial charge >= 0.3 is 0 Å². The number of carbonyl (C=O) groups is 1. The molecular formula is C19H16N4O3S2. The number of aromatic amines is 1. The second-order valence-corrected chi connectivity index (χ2v) is 8.60. The van der Waals surface area contributed by atoms with Crippen molar-refractivity contribution in [1.29, 1.82) is 0 Å². The highest BCUT2D eigenvalue weighted by Gasteiger charge is 2.14. The number of primary sulfonamides is 1. The average Bonchev–Trinajstić information content (AvgIpc) is 3.30. The van der Waals surface area contributed by atoms with Crippen molar-refractivity contribution in [1.82, 2.24) is 10.2 Å². The molecule has 2 heterocycles. The lowest BCUT2D eigenvalue weighted by Crippen LogP contribution is -2.13. The van der Waals surface area contributed by atoms with Gasteiger partial charge in [0, 0.05) is 16.6 Å². The number of H-pyrrole nitrogens is 1. The molecule has 0 saturated heterocycles. The van der Waals surface area contributed by atoms with E-state index in [4.69, 9.17) is 5.14 Å². The first-order chi connectivity index (χ1) is 13.4. The third kappa shape index (κ3) is 3.81. The van der Waals surface area contributed by atoms with Crippen LogP contribution in [0.3, 0.4) is 0 Å². The molecule has 0 saturated carbocycles. The Morgan fingerprint density at radius 3 is 2.79 bits per heavy atom. The number of rotatable bonds is 5. The van der Waals surface area contributed by atoms with Crippen LogP contribution >= 0.6 is 11.3 Å². The molecule has 0 bridgehead atoms. The van der Waals surface area contributed by atoms with Crippen LogP contribution in [0.15, 0.2) is 64.2 Å². The van der Waals surface area contributed by atoms with Crippen molar-refractivity contribution in [3.05, 3.63) is 64.9 Å². The van der Waals surface area contributed by atoms with Gasteiger partial charge in [0.2, 0.25) is 15.9 Å². The number of aromatic nitrogens is 2. The molecule has 0 spiro atoms. The number of hydrogen-bond donors (Lipinski definition) is 3. The Hall–Kier alpha value is -3.01. The molecule has 28 heavy (non-hydrogen) atoms. The maximum absolute atomic E-state index is 12.3. The summed E-state index contributed by atoms with van der Waals surface area (Å²) in [5.41, 5.74) is 3.56. The Morgan fingerprint density at radius 1 is 1.18 bits per heavy atom. The minimum Gasteiger partial charge on any atom is -0.326 e. The lowest BCUT2D eigenvalue weighted by Gasteiger charge is -2.06.